The van der Waals surface area contributed by atoms with Crippen molar-refractivity contribution in [2.45, 2.75) is 11.3 Å². The molecule has 1 aromatic carbocycles. The van der Waals surface area contributed by atoms with Gasteiger partial charge in [0, 0.05) is 32.2 Å². The second-order valence-electron chi connectivity index (χ2n) is 5.59. The molecule has 2 N–H and O–H groups in total. The number of carbonyl (C=O) groups is 3. The third kappa shape index (κ3) is 4.54. The molecule has 2 amide bonds. The Labute approximate surface area is 145 Å². The van der Waals surface area contributed by atoms with E-state index < -0.39 is 21.9 Å². The maximum absolute atomic E-state index is 12.6. The fourth-order valence-corrected chi connectivity index (χ4v) is 3.79. The Balaban J connectivity index is 2.21. The van der Waals surface area contributed by atoms with E-state index in [1.807, 2.05) is 0 Å². The normalized spacial score (nSPS) is 15.5. The number of nitrogens with zero attached hydrogens (tertiary/aromatic N) is 2. The topological polar surface area (TPSA) is 124 Å². The van der Waals surface area contributed by atoms with E-state index in [4.69, 9.17) is 5.11 Å². The molecule has 0 bridgehead atoms. The zero-order valence-corrected chi connectivity index (χ0v) is 14.5. The molecular weight excluding hydrogens is 350 g/mol. The quantitative estimate of drug-likeness (QED) is 0.687. The van der Waals surface area contributed by atoms with Gasteiger partial charge in [-0.15, -0.1) is 0 Å². The Bertz CT molecular complexity index is 792. The summed E-state index contributed by atoms with van der Waals surface area (Å²) in [6.07, 6.45) is -0.205. The summed E-state index contributed by atoms with van der Waals surface area (Å²) in [6.45, 7) is 0.135. The van der Waals surface area contributed by atoms with Crippen LogP contribution in [0.3, 0.4) is 0 Å². The lowest BCUT2D eigenvalue weighted by Crippen LogP contribution is -2.49. The van der Waals surface area contributed by atoms with Crippen LogP contribution in [0.5, 0.6) is 0 Å². The number of benzene rings is 1. The van der Waals surface area contributed by atoms with Crippen molar-refractivity contribution in [1.82, 2.24) is 14.5 Å². The van der Waals surface area contributed by atoms with Crippen molar-refractivity contribution >= 4 is 27.8 Å². The molecule has 1 heterocycles. The number of hydrogen-bond donors (Lipinski definition) is 2. The molecule has 0 unspecified atom stereocenters. The van der Waals surface area contributed by atoms with Gasteiger partial charge in [-0.25, -0.2) is 8.42 Å². The summed E-state index contributed by atoms with van der Waals surface area (Å²) < 4.78 is 26.3. The number of carboxylic acids is 1. The summed E-state index contributed by atoms with van der Waals surface area (Å²) in [5.74, 6) is -1.88. The minimum atomic E-state index is -3.89. The third-order valence-electron chi connectivity index (χ3n) is 3.73. The van der Waals surface area contributed by atoms with E-state index in [1.54, 1.807) is 0 Å². The van der Waals surface area contributed by atoms with Crippen LogP contribution in [0.25, 0.3) is 0 Å². The van der Waals surface area contributed by atoms with Crippen LogP contribution >= 0.6 is 0 Å². The highest BCUT2D eigenvalue weighted by Gasteiger charge is 2.29. The highest BCUT2D eigenvalue weighted by molar-refractivity contribution is 7.89. The molecule has 1 aliphatic rings. The number of rotatable bonds is 6. The number of hydrogen-bond acceptors (Lipinski definition) is 5. The number of amides is 2. The van der Waals surface area contributed by atoms with E-state index in [0.29, 0.717) is 0 Å². The first-order chi connectivity index (χ1) is 11.7. The molecule has 9 nitrogen and oxygen atoms in total. The first-order valence-electron chi connectivity index (χ1n) is 7.56. The number of nitrogens with one attached hydrogen (secondary N) is 1. The second kappa shape index (κ2) is 7.62. The Morgan fingerprint density at radius 2 is 2.08 bits per heavy atom. The van der Waals surface area contributed by atoms with Gasteiger partial charge >= 0.3 is 5.97 Å². The number of carboxylic acid groups (broad SMARTS) is 1. The lowest BCUT2D eigenvalue weighted by molar-refractivity contribution is -0.137. The largest absolute Gasteiger partial charge is 0.481 e. The number of piperazine rings is 1. The molecule has 10 heteroatoms. The lowest BCUT2D eigenvalue weighted by Gasteiger charge is -2.26. The second-order valence-corrected chi connectivity index (χ2v) is 7.52. The predicted molar refractivity (Wildman–Crippen MR) is 87.4 cm³/mol. The van der Waals surface area contributed by atoms with Gasteiger partial charge in [-0.3, -0.25) is 14.4 Å². The van der Waals surface area contributed by atoms with E-state index in [2.05, 4.69) is 5.32 Å². The van der Waals surface area contributed by atoms with Gasteiger partial charge in [0.25, 0.3) is 5.91 Å². The Morgan fingerprint density at radius 3 is 2.72 bits per heavy atom. The van der Waals surface area contributed by atoms with Crippen LogP contribution in [0.15, 0.2) is 29.2 Å². The van der Waals surface area contributed by atoms with Crippen LogP contribution in [-0.2, 0) is 19.6 Å². The SMILES string of the molecule is CN(CCC(=O)O)C(=O)c1cccc(S(=O)(=O)N2CCNC(=O)C2)c1. The van der Waals surface area contributed by atoms with Crippen LogP contribution in [-0.4, -0.2) is 73.7 Å². The van der Waals surface area contributed by atoms with Gasteiger partial charge in [-0.05, 0) is 18.2 Å². The van der Waals surface area contributed by atoms with Crippen molar-refractivity contribution in [1.29, 1.82) is 0 Å². The molecule has 1 aromatic rings. The molecule has 25 heavy (non-hydrogen) atoms. The average molecular weight is 369 g/mol. The molecule has 0 spiro atoms. The van der Waals surface area contributed by atoms with Gasteiger partial charge in [0.1, 0.15) is 0 Å². The minimum absolute atomic E-state index is 0.0113. The van der Waals surface area contributed by atoms with E-state index >= 15 is 0 Å². The highest BCUT2D eigenvalue weighted by atomic mass is 32.2. The molecule has 1 fully saturated rings. The van der Waals surface area contributed by atoms with E-state index in [9.17, 15) is 22.8 Å². The first kappa shape index (κ1) is 18.9. The summed E-state index contributed by atoms with van der Waals surface area (Å²) in [6, 6.07) is 5.49. The van der Waals surface area contributed by atoms with Crippen molar-refractivity contribution in [3.05, 3.63) is 29.8 Å². The van der Waals surface area contributed by atoms with Gasteiger partial charge in [0.15, 0.2) is 0 Å². The monoisotopic (exact) mass is 369 g/mol. The summed E-state index contributed by atoms with van der Waals surface area (Å²) in [4.78, 5) is 35.5. The van der Waals surface area contributed by atoms with Crippen molar-refractivity contribution in [3.63, 3.8) is 0 Å². The summed E-state index contributed by atoms with van der Waals surface area (Å²) in [5, 5.41) is 11.2. The fourth-order valence-electron chi connectivity index (χ4n) is 2.34. The highest BCUT2D eigenvalue weighted by Crippen LogP contribution is 2.18. The third-order valence-corrected chi connectivity index (χ3v) is 5.57. The van der Waals surface area contributed by atoms with Crippen molar-refractivity contribution in [3.8, 4) is 0 Å². The Morgan fingerprint density at radius 1 is 1.36 bits per heavy atom. The Kier molecular flexibility index (Phi) is 5.75. The van der Waals surface area contributed by atoms with Crippen molar-refractivity contribution in [2.75, 3.05) is 33.2 Å². The molecule has 1 aliphatic heterocycles. The molecule has 0 radical (unpaired) electrons. The summed E-state index contributed by atoms with van der Waals surface area (Å²) in [7, 11) is -2.45. The van der Waals surface area contributed by atoms with E-state index in [1.165, 1.54) is 36.2 Å². The zero-order chi connectivity index (χ0) is 18.6. The van der Waals surface area contributed by atoms with Gasteiger partial charge in [-0.2, -0.15) is 4.31 Å². The fraction of sp³-hybridized carbons (Fsp3) is 0.400. The van der Waals surface area contributed by atoms with E-state index in [-0.39, 0.29) is 49.0 Å². The standard InChI is InChI=1S/C15H19N3O6S/c1-17(7-5-14(20)21)15(22)11-3-2-4-12(9-11)25(23,24)18-8-6-16-13(19)10-18/h2-4,9H,5-8,10H2,1H3,(H,16,19)(H,20,21). The van der Waals surface area contributed by atoms with Crippen LogP contribution < -0.4 is 5.32 Å². The van der Waals surface area contributed by atoms with Gasteiger partial charge in [0.05, 0.1) is 17.9 Å². The molecule has 1 saturated heterocycles. The number of sulfonamides is 1. The van der Waals surface area contributed by atoms with Gasteiger partial charge < -0.3 is 15.3 Å². The molecule has 0 aromatic heterocycles. The predicted octanol–water partition coefficient (Wildman–Crippen LogP) is -0.646. The van der Waals surface area contributed by atoms with Crippen molar-refractivity contribution in [2.24, 2.45) is 0 Å². The summed E-state index contributed by atoms with van der Waals surface area (Å²) >= 11 is 0. The molecule has 2 rings (SSSR count). The number of aliphatic carboxylic acids is 1. The number of carbonyl (C=O) groups excluding carboxylic acids is 2. The van der Waals surface area contributed by atoms with Crippen LogP contribution in [0, 0.1) is 0 Å². The lowest BCUT2D eigenvalue weighted by atomic mass is 10.2. The van der Waals surface area contributed by atoms with Crippen LogP contribution in [0.1, 0.15) is 16.8 Å². The first-order valence-corrected chi connectivity index (χ1v) is 9.00. The van der Waals surface area contributed by atoms with Crippen molar-refractivity contribution < 1.29 is 27.9 Å². The van der Waals surface area contributed by atoms with E-state index in [0.717, 1.165) is 4.31 Å². The molecule has 0 saturated carbocycles. The maximum atomic E-state index is 12.6. The molecule has 0 aliphatic carbocycles. The summed E-state index contributed by atoms with van der Waals surface area (Å²) in [5.41, 5.74) is 0.135. The minimum Gasteiger partial charge on any atom is -0.481 e. The zero-order valence-electron chi connectivity index (χ0n) is 13.6. The van der Waals surface area contributed by atoms with Gasteiger partial charge in [-0.1, -0.05) is 6.07 Å². The van der Waals surface area contributed by atoms with Gasteiger partial charge in [0.2, 0.25) is 15.9 Å². The average Bonchev–Trinajstić information content (AvgIpc) is 2.59. The Hall–Kier alpha value is -2.46. The molecule has 0 atom stereocenters. The molecule has 136 valence electrons. The maximum Gasteiger partial charge on any atom is 0.305 e. The smallest absolute Gasteiger partial charge is 0.305 e. The van der Waals surface area contributed by atoms with Crippen LogP contribution in [0.2, 0.25) is 0 Å². The molecular formula is C15H19N3O6S. The van der Waals surface area contributed by atoms with Crippen LogP contribution in [0.4, 0.5) is 0 Å².